The Labute approximate surface area is 121 Å². The molecule has 0 amide bonds. The molecular weight excluding hydrogens is 272 g/mol. The molecule has 0 aromatic heterocycles. The quantitative estimate of drug-likeness (QED) is 0.860. The number of hydrogen-bond donors (Lipinski definition) is 0. The fraction of sp³-hybridized carbons (Fsp3) is 0.533. The third kappa shape index (κ3) is 2.46. The van der Waals surface area contributed by atoms with Gasteiger partial charge < -0.3 is 0 Å². The van der Waals surface area contributed by atoms with Crippen LogP contribution in [0.15, 0.2) is 23.1 Å². The third-order valence-electron chi connectivity index (χ3n) is 4.09. The minimum atomic E-state index is -3.60. The number of benzene rings is 1. The van der Waals surface area contributed by atoms with Gasteiger partial charge in [0, 0.05) is 13.1 Å². The van der Waals surface area contributed by atoms with Crippen molar-refractivity contribution in [2.75, 3.05) is 7.05 Å². The maximum Gasteiger partial charge on any atom is 0.244 e. The van der Waals surface area contributed by atoms with Crippen molar-refractivity contribution in [1.82, 2.24) is 4.31 Å². The van der Waals surface area contributed by atoms with Crippen molar-refractivity contribution in [3.05, 3.63) is 29.3 Å². The predicted octanol–water partition coefficient (Wildman–Crippen LogP) is 2.68. The number of nitriles is 1. The van der Waals surface area contributed by atoms with E-state index in [1.54, 1.807) is 26.1 Å². The van der Waals surface area contributed by atoms with E-state index < -0.39 is 10.0 Å². The summed E-state index contributed by atoms with van der Waals surface area (Å²) in [7, 11) is -1.99. The van der Waals surface area contributed by atoms with Crippen molar-refractivity contribution in [2.45, 2.75) is 44.6 Å². The van der Waals surface area contributed by atoms with Gasteiger partial charge in [-0.2, -0.15) is 9.57 Å². The molecule has 0 aliphatic heterocycles. The summed E-state index contributed by atoms with van der Waals surface area (Å²) >= 11 is 0. The zero-order valence-corrected chi connectivity index (χ0v) is 13.2. The Morgan fingerprint density at radius 3 is 2.45 bits per heavy atom. The Hall–Kier alpha value is -1.38. The molecule has 1 aliphatic carbocycles. The van der Waals surface area contributed by atoms with Crippen molar-refractivity contribution in [3.63, 3.8) is 0 Å². The molecule has 20 heavy (non-hydrogen) atoms. The molecule has 0 bridgehead atoms. The average Bonchev–Trinajstić information content (AvgIpc) is 2.34. The maximum absolute atomic E-state index is 12.7. The van der Waals surface area contributed by atoms with Crippen LogP contribution in [0.2, 0.25) is 0 Å². The normalized spacial score (nSPS) is 18.6. The summed E-state index contributed by atoms with van der Waals surface area (Å²) in [5.74, 6) is 0. The van der Waals surface area contributed by atoms with E-state index in [0.29, 0.717) is 5.56 Å². The fourth-order valence-corrected chi connectivity index (χ4v) is 4.39. The van der Waals surface area contributed by atoms with Crippen LogP contribution in [0.1, 0.15) is 37.8 Å². The van der Waals surface area contributed by atoms with Crippen LogP contribution in [0, 0.1) is 23.7 Å². The van der Waals surface area contributed by atoms with Crippen molar-refractivity contribution in [3.8, 4) is 6.07 Å². The first-order valence-electron chi connectivity index (χ1n) is 6.67. The van der Waals surface area contributed by atoms with Gasteiger partial charge in [-0.3, -0.25) is 0 Å². The minimum Gasteiger partial charge on any atom is -0.207 e. The van der Waals surface area contributed by atoms with E-state index in [0.717, 1.165) is 12.8 Å². The summed E-state index contributed by atoms with van der Waals surface area (Å²) < 4.78 is 26.8. The lowest BCUT2D eigenvalue weighted by atomic mass is 9.68. The molecule has 1 aliphatic rings. The van der Waals surface area contributed by atoms with Crippen molar-refractivity contribution in [1.29, 1.82) is 5.26 Å². The highest BCUT2D eigenvalue weighted by Gasteiger charge is 2.42. The van der Waals surface area contributed by atoms with Gasteiger partial charge in [0.25, 0.3) is 0 Å². The maximum atomic E-state index is 12.7. The second kappa shape index (κ2) is 4.87. The summed E-state index contributed by atoms with van der Waals surface area (Å²) in [6.45, 7) is 6.03. The number of rotatable bonds is 3. The minimum absolute atomic E-state index is 0.0297. The van der Waals surface area contributed by atoms with Crippen LogP contribution in [0.5, 0.6) is 0 Å². The molecule has 4 nitrogen and oxygen atoms in total. The standard InChI is InChI=1S/C15H20N2O2S/c1-11-6-5-7-14(13(11)10-16)20(18,19)17(4)12-8-15(2,3)9-12/h5-7,12H,8-9H2,1-4H3. The Morgan fingerprint density at radius 1 is 1.35 bits per heavy atom. The summed E-state index contributed by atoms with van der Waals surface area (Å²) in [6, 6.07) is 6.99. The molecule has 2 rings (SSSR count). The topological polar surface area (TPSA) is 61.2 Å². The smallest absolute Gasteiger partial charge is 0.207 e. The SMILES string of the molecule is Cc1cccc(S(=O)(=O)N(C)C2CC(C)(C)C2)c1C#N. The fourth-order valence-electron chi connectivity index (χ4n) is 2.82. The largest absolute Gasteiger partial charge is 0.244 e. The zero-order valence-electron chi connectivity index (χ0n) is 12.3. The number of nitrogens with zero attached hydrogens (tertiary/aromatic N) is 2. The second-order valence-electron chi connectivity index (χ2n) is 6.31. The van der Waals surface area contributed by atoms with Crippen LogP contribution in [0.25, 0.3) is 0 Å². The van der Waals surface area contributed by atoms with E-state index in [4.69, 9.17) is 0 Å². The molecule has 1 fully saturated rings. The highest BCUT2D eigenvalue weighted by atomic mass is 32.2. The number of aryl methyl sites for hydroxylation is 1. The van der Waals surface area contributed by atoms with Crippen LogP contribution >= 0.6 is 0 Å². The van der Waals surface area contributed by atoms with E-state index in [9.17, 15) is 13.7 Å². The zero-order chi connectivity index (χ0) is 15.1. The van der Waals surface area contributed by atoms with E-state index in [1.807, 2.05) is 6.07 Å². The van der Waals surface area contributed by atoms with E-state index in [1.165, 1.54) is 10.4 Å². The molecule has 1 aromatic carbocycles. The molecule has 0 unspecified atom stereocenters. The Bertz CT molecular complexity index is 664. The van der Waals surface area contributed by atoms with Gasteiger partial charge in [0.05, 0.1) is 5.56 Å². The molecule has 0 atom stereocenters. The lowest BCUT2D eigenvalue weighted by Crippen LogP contribution is -2.49. The predicted molar refractivity (Wildman–Crippen MR) is 77.6 cm³/mol. The lowest BCUT2D eigenvalue weighted by Gasteiger charge is -2.46. The average molecular weight is 292 g/mol. The van der Waals surface area contributed by atoms with Crippen LogP contribution in [0.3, 0.4) is 0 Å². The Kier molecular flexibility index (Phi) is 3.66. The number of hydrogen-bond acceptors (Lipinski definition) is 3. The van der Waals surface area contributed by atoms with E-state index in [2.05, 4.69) is 13.8 Å². The van der Waals surface area contributed by atoms with E-state index in [-0.39, 0.29) is 21.9 Å². The van der Waals surface area contributed by atoms with Crippen molar-refractivity contribution < 1.29 is 8.42 Å². The van der Waals surface area contributed by atoms with Crippen LogP contribution in [-0.4, -0.2) is 25.8 Å². The van der Waals surface area contributed by atoms with Crippen LogP contribution in [-0.2, 0) is 10.0 Å². The molecule has 1 aromatic rings. The molecule has 0 heterocycles. The summed E-state index contributed by atoms with van der Waals surface area (Å²) in [6.07, 6.45) is 1.72. The summed E-state index contributed by atoms with van der Waals surface area (Å²) in [5.41, 5.74) is 1.15. The first kappa shape index (κ1) is 15.0. The second-order valence-corrected chi connectivity index (χ2v) is 8.27. The lowest BCUT2D eigenvalue weighted by molar-refractivity contribution is 0.0857. The molecule has 0 spiro atoms. The van der Waals surface area contributed by atoms with Crippen LogP contribution in [0.4, 0.5) is 0 Å². The van der Waals surface area contributed by atoms with Crippen molar-refractivity contribution in [2.24, 2.45) is 5.41 Å². The molecule has 5 heteroatoms. The Morgan fingerprint density at radius 2 is 1.95 bits per heavy atom. The first-order chi connectivity index (χ1) is 9.19. The van der Waals surface area contributed by atoms with Gasteiger partial charge >= 0.3 is 0 Å². The van der Waals surface area contributed by atoms with Gasteiger partial charge in [0.1, 0.15) is 11.0 Å². The van der Waals surface area contributed by atoms with Gasteiger partial charge in [0.15, 0.2) is 0 Å². The third-order valence-corrected chi connectivity index (χ3v) is 6.05. The molecular formula is C15H20N2O2S. The van der Waals surface area contributed by atoms with Gasteiger partial charge in [0.2, 0.25) is 10.0 Å². The monoisotopic (exact) mass is 292 g/mol. The first-order valence-corrected chi connectivity index (χ1v) is 8.11. The van der Waals surface area contributed by atoms with Gasteiger partial charge in [-0.25, -0.2) is 8.42 Å². The van der Waals surface area contributed by atoms with Gasteiger partial charge in [-0.05, 0) is 36.8 Å². The van der Waals surface area contributed by atoms with Gasteiger partial charge in [-0.1, -0.05) is 26.0 Å². The van der Waals surface area contributed by atoms with Crippen LogP contribution < -0.4 is 0 Å². The summed E-state index contributed by atoms with van der Waals surface area (Å²) in [5, 5.41) is 9.20. The molecule has 0 radical (unpaired) electrons. The highest BCUT2D eigenvalue weighted by molar-refractivity contribution is 7.89. The molecule has 0 N–H and O–H groups in total. The molecule has 0 saturated heterocycles. The molecule has 108 valence electrons. The Balaban J connectivity index is 2.37. The van der Waals surface area contributed by atoms with E-state index >= 15 is 0 Å². The highest BCUT2D eigenvalue weighted by Crippen LogP contribution is 2.43. The summed E-state index contributed by atoms with van der Waals surface area (Å²) in [4.78, 5) is 0.118. The van der Waals surface area contributed by atoms with Crippen molar-refractivity contribution >= 4 is 10.0 Å². The van der Waals surface area contributed by atoms with Gasteiger partial charge in [-0.15, -0.1) is 0 Å². The number of sulfonamides is 1. The molecule has 1 saturated carbocycles.